The monoisotopic (exact) mass is 294 g/mol. The molecule has 0 unspecified atom stereocenters. The largest absolute Gasteiger partial charge is 0.480 e. The first-order valence-corrected chi connectivity index (χ1v) is 6.50. The zero-order valence-electron chi connectivity index (χ0n) is 12.1. The Morgan fingerprint density at radius 2 is 1.95 bits per heavy atom. The first-order chi connectivity index (χ1) is 9.70. The smallest absolute Gasteiger partial charge is 0.326 e. The van der Waals surface area contributed by atoms with Crippen LogP contribution in [0.3, 0.4) is 0 Å². The highest BCUT2D eigenvalue weighted by atomic mass is 16.6. The van der Waals surface area contributed by atoms with Gasteiger partial charge in [-0.3, -0.25) is 14.9 Å². The molecule has 0 bridgehead atoms. The van der Waals surface area contributed by atoms with Gasteiger partial charge in [-0.25, -0.2) is 4.79 Å². The summed E-state index contributed by atoms with van der Waals surface area (Å²) in [4.78, 5) is 33.4. The second-order valence-corrected chi connectivity index (χ2v) is 5.31. The number of aliphatic carboxylic acids is 1. The van der Waals surface area contributed by atoms with Gasteiger partial charge in [0.15, 0.2) is 0 Å². The number of carboxylic acids is 1. The Labute approximate surface area is 122 Å². The number of nitrogens with zero attached hydrogens (tertiary/aromatic N) is 1. The van der Waals surface area contributed by atoms with Crippen molar-refractivity contribution in [3.05, 3.63) is 39.4 Å². The molecule has 1 amide bonds. The van der Waals surface area contributed by atoms with Crippen molar-refractivity contribution in [3.63, 3.8) is 0 Å². The third kappa shape index (κ3) is 4.87. The Bertz CT molecular complexity index is 568. The van der Waals surface area contributed by atoms with E-state index in [4.69, 9.17) is 5.11 Å². The fourth-order valence-corrected chi connectivity index (χ4v) is 1.93. The number of nitro benzene ring substituents is 1. The second kappa shape index (κ2) is 6.83. The lowest BCUT2D eigenvalue weighted by molar-refractivity contribution is -0.384. The van der Waals surface area contributed by atoms with Crippen molar-refractivity contribution in [1.29, 1.82) is 0 Å². The summed E-state index contributed by atoms with van der Waals surface area (Å²) >= 11 is 0. The SMILES string of the molecule is Cc1cc(C(=O)N[C@H](CC(C)C)C(=O)O)cc([N+](=O)[O-])c1. The summed E-state index contributed by atoms with van der Waals surface area (Å²) in [5, 5.41) is 22.3. The number of carbonyl (C=O) groups excluding carboxylic acids is 1. The number of amides is 1. The van der Waals surface area contributed by atoms with E-state index < -0.39 is 22.8 Å². The van der Waals surface area contributed by atoms with Crippen LogP contribution in [0.4, 0.5) is 5.69 Å². The number of benzene rings is 1. The van der Waals surface area contributed by atoms with Crippen LogP contribution in [0.1, 0.15) is 36.2 Å². The van der Waals surface area contributed by atoms with Crippen LogP contribution in [-0.4, -0.2) is 27.9 Å². The third-order valence-electron chi connectivity index (χ3n) is 2.85. The summed E-state index contributed by atoms with van der Waals surface area (Å²) in [6, 6.07) is 2.95. The molecule has 0 spiro atoms. The fraction of sp³-hybridized carbons (Fsp3) is 0.429. The Hall–Kier alpha value is -2.44. The molecule has 1 atom stereocenters. The van der Waals surface area contributed by atoms with E-state index in [1.165, 1.54) is 12.1 Å². The highest BCUT2D eigenvalue weighted by molar-refractivity contribution is 5.97. The second-order valence-electron chi connectivity index (χ2n) is 5.31. The molecule has 114 valence electrons. The summed E-state index contributed by atoms with van der Waals surface area (Å²) in [6.07, 6.45) is 0.287. The van der Waals surface area contributed by atoms with E-state index in [0.29, 0.717) is 5.56 Å². The van der Waals surface area contributed by atoms with Gasteiger partial charge in [0.05, 0.1) is 4.92 Å². The minimum Gasteiger partial charge on any atom is -0.480 e. The average molecular weight is 294 g/mol. The number of nitro groups is 1. The van der Waals surface area contributed by atoms with Crippen LogP contribution >= 0.6 is 0 Å². The van der Waals surface area contributed by atoms with Crippen molar-refractivity contribution in [3.8, 4) is 0 Å². The average Bonchev–Trinajstić information content (AvgIpc) is 2.36. The van der Waals surface area contributed by atoms with Gasteiger partial charge in [0.25, 0.3) is 11.6 Å². The summed E-state index contributed by atoms with van der Waals surface area (Å²) in [7, 11) is 0. The lowest BCUT2D eigenvalue weighted by Gasteiger charge is -2.16. The highest BCUT2D eigenvalue weighted by Gasteiger charge is 2.22. The van der Waals surface area contributed by atoms with Gasteiger partial charge in [0, 0.05) is 17.7 Å². The summed E-state index contributed by atoms with van der Waals surface area (Å²) in [6.45, 7) is 5.33. The minimum atomic E-state index is -1.13. The predicted octanol–water partition coefficient (Wildman–Crippen LogP) is 2.13. The molecule has 2 N–H and O–H groups in total. The summed E-state index contributed by atoms with van der Waals surface area (Å²) in [5.74, 6) is -1.66. The van der Waals surface area contributed by atoms with E-state index in [9.17, 15) is 19.7 Å². The molecule has 0 heterocycles. The molecule has 0 aromatic heterocycles. The standard InChI is InChI=1S/C14H18N2O5/c1-8(2)4-12(14(18)19)15-13(17)10-5-9(3)6-11(7-10)16(20)21/h5-8,12H,4H2,1-3H3,(H,15,17)(H,18,19)/t12-/m1/s1. The van der Waals surface area contributed by atoms with Crippen LogP contribution in [0.2, 0.25) is 0 Å². The number of aryl methyl sites for hydroxylation is 1. The lowest BCUT2D eigenvalue weighted by Crippen LogP contribution is -2.41. The molecular formula is C14H18N2O5. The van der Waals surface area contributed by atoms with Gasteiger partial charge in [-0.15, -0.1) is 0 Å². The van der Waals surface area contributed by atoms with Gasteiger partial charge in [0.1, 0.15) is 6.04 Å². The Balaban J connectivity index is 2.97. The number of hydrogen-bond donors (Lipinski definition) is 2. The number of non-ortho nitro benzene ring substituents is 1. The quantitative estimate of drug-likeness (QED) is 0.617. The van der Waals surface area contributed by atoms with Crippen molar-refractivity contribution in [2.24, 2.45) is 5.92 Å². The third-order valence-corrected chi connectivity index (χ3v) is 2.85. The predicted molar refractivity (Wildman–Crippen MR) is 76.2 cm³/mol. The van der Waals surface area contributed by atoms with E-state index in [2.05, 4.69) is 5.32 Å². The number of hydrogen-bond acceptors (Lipinski definition) is 4. The Morgan fingerprint density at radius 1 is 1.33 bits per heavy atom. The molecule has 0 saturated carbocycles. The fourth-order valence-electron chi connectivity index (χ4n) is 1.93. The van der Waals surface area contributed by atoms with Crippen molar-refractivity contribution in [2.75, 3.05) is 0 Å². The first kappa shape index (κ1) is 16.6. The molecule has 0 aliphatic carbocycles. The van der Waals surface area contributed by atoms with E-state index in [-0.39, 0.29) is 23.6 Å². The van der Waals surface area contributed by atoms with E-state index in [1.807, 2.05) is 13.8 Å². The van der Waals surface area contributed by atoms with E-state index >= 15 is 0 Å². The molecule has 0 saturated heterocycles. The maximum absolute atomic E-state index is 12.1. The van der Waals surface area contributed by atoms with Gasteiger partial charge < -0.3 is 10.4 Å². The molecule has 1 aromatic carbocycles. The summed E-state index contributed by atoms with van der Waals surface area (Å²) < 4.78 is 0. The molecule has 1 aromatic rings. The van der Waals surface area contributed by atoms with Gasteiger partial charge in [0.2, 0.25) is 0 Å². The topological polar surface area (TPSA) is 110 Å². The summed E-state index contributed by atoms with van der Waals surface area (Å²) in [5.41, 5.74) is 0.442. The number of carbonyl (C=O) groups is 2. The zero-order valence-corrected chi connectivity index (χ0v) is 12.1. The molecule has 1 rings (SSSR count). The molecule has 0 radical (unpaired) electrons. The Morgan fingerprint density at radius 3 is 2.43 bits per heavy atom. The lowest BCUT2D eigenvalue weighted by atomic mass is 10.0. The highest BCUT2D eigenvalue weighted by Crippen LogP contribution is 2.17. The minimum absolute atomic E-state index is 0.0803. The van der Waals surface area contributed by atoms with Crippen LogP contribution in [0.5, 0.6) is 0 Å². The van der Waals surface area contributed by atoms with Crippen molar-refractivity contribution in [2.45, 2.75) is 33.2 Å². The molecule has 7 heteroatoms. The van der Waals surface area contributed by atoms with Gasteiger partial charge in [-0.2, -0.15) is 0 Å². The van der Waals surface area contributed by atoms with Crippen molar-refractivity contribution < 1.29 is 19.6 Å². The normalized spacial score (nSPS) is 12.0. The van der Waals surface area contributed by atoms with Gasteiger partial charge in [-0.05, 0) is 30.9 Å². The first-order valence-electron chi connectivity index (χ1n) is 6.50. The number of carboxylic acid groups (broad SMARTS) is 1. The molecule has 0 fully saturated rings. The van der Waals surface area contributed by atoms with Gasteiger partial charge in [-0.1, -0.05) is 13.8 Å². The molecule has 0 aliphatic rings. The zero-order chi connectivity index (χ0) is 16.2. The maximum Gasteiger partial charge on any atom is 0.326 e. The maximum atomic E-state index is 12.1. The molecule has 21 heavy (non-hydrogen) atoms. The molecule has 7 nitrogen and oxygen atoms in total. The van der Waals surface area contributed by atoms with Crippen molar-refractivity contribution in [1.82, 2.24) is 5.32 Å². The van der Waals surface area contributed by atoms with Crippen LogP contribution in [0.25, 0.3) is 0 Å². The van der Waals surface area contributed by atoms with Crippen LogP contribution in [-0.2, 0) is 4.79 Å². The number of rotatable bonds is 6. The molecule has 0 aliphatic heterocycles. The van der Waals surface area contributed by atoms with Crippen LogP contribution in [0.15, 0.2) is 18.2 Å². The van der Waals surface area contributed by atoms with Crippen molar-refractivity contribution >= 4 is 17.6 Å². The van der Waals surface area contributed by atoms with E-state index in [0.717, 1.165) is 6.07 Å². The van der Waals surface area contributed by atoms with E-state index in [1.54, 1.807) is 6.92 Å². The molecular weight excluding hydrogens is 276 g/mol. The van der Waals surface area contributed by atoms with Crippen LogP contribution in [0, 0.1) is 23.0 Å². The Kier molecular flexibility index (Phi) is 5.40. The van der Waals surface area contributed by atoms with Crippen LogP contribution < -0.4 is 5.32 Å². The number of nitrogens with one attached hydrogen (secondary N) is 1. The van der Waals surface area contributed by atoms with Gasteiger partial charge >= 0.3 is 5.97 Å².